The summed E-state index contributed by atoms with van der Waals surface area (Å²) in [4.78, 5) is 2.37. The highest BCUT2D eigenvalue weighted by Crippen LogP contribution is 2.16. The fourth-order valence-electron chi connectivity index (χ4n) is 2.57. The van der Waals surface area contributed by atoms with Crippen LogP contribution in [0.3, 0.4) is 0 Å². The number of hydrogen-bond donors (Lipinski definition) is 1. The summed E-state index contributed by atoms with van der Waals surface area (Å²) in [6.07, 6.45) is 1.10. The summed E-state index contributed by atoms with van der Waals surface area (Å²) in [7, 11) is -2.93. The molecule has 0 radical (unpaired) electrons. The van der Waals surface area contributed by atoms with Crippen LogP contribution in [-0.4, -0.2) is 56.0 Å². The number of hydrogen-bond acceptors (Lipinski definition) is 4. The van der Waals surface area contributed by atoms with Crippen molar-refractivity contribution in [3.05, 3.63) is 0 Å². The minimum atomic E-state index is -2.93. The zero-order valence-electron chi connectivity index (χ0n) is 13.0. The summed E-state index contributed by atoms with van der Waals surface area (Å²) in [6, 6.07) is 0.946. The number of nitrogens with one attached hydrogen (secondary N) is 1. The van der Waals surface area contributed by atoms with Gasteiger partial charge in [-0.2, -0.15) is 0 Å². The first-order valence-electron chi connectivity index (χ1n) is 7.47. The molecule has 5 heteroatoms. The predicted molar refractivity (Wildman–Crippen MR) is 81.2 cm³/mol. The zero-order chi connectivity index (χ0) is 14.6. The molecule has 1 aliphatic heterocycles. The third kappa shape index (κ3) is 4.72. The molecule has 1 aliphatic rings. The Bertz CT molecular complexity index is 366. The molecule has 0 spiro atoms. The van der Waals surface area contributed by atoms with Crippen LogP contribution in [0.1, 0.15) is 41.0 Å². The van der Waals surface area contributed by atoms with E-state index < -0.39 is 9.84 Å². The van der Waals surface area contributed by atoms with E-state index in [9.17, 15) is 8.42 Å². The average Bonchev–Trinajstić information content (AvgIpc) is 2.35. The molecule has 4 nitrogen and oxygen atoms in total. The van der Waals surface area contributed by atoms with Gasteiger partial charge in [0, 0.05) is 31.7 Å². The maximum Gasteiger partial charge on any atom is 0.153 e. The van der Waals surface area contributed by atoms with Crippen molar-refractivity contribution >= 4 is 9.84 Å². The van der Waals surface area contributed by atoms with E-state index in [4.69, 9.17) is 0 Å². The van der Waals surface area contributed by atoms with Gasteiger partial charge in [0.1, 0.15) is 0 Å². The van der Waals surface area contributed by atoms with Crippen molar-refractivity contribution in [1.82, 2.24) is 10.2 Å². The van der Waals surface area contributed by atoms with Crippen LogP contribution < -0.4 is 5.32 Å². The third-order valence-electron chi connectivity index (χ3n) is 4.18. The summed E-state index contributed by atoms with van der Waals surface area (Å²) in [5.41, 5.74) is 0. The van der Waals surface area contributed by atoms with Crippen LogP contribution in [0.4, 0.5) is 0 Å². The van der Waals surface area contributed by atoms with Crippen molar-refractivity contribution in [1.29, 1.82) is 0 Å². The molecule has 0 aliphatic carbocycles. The molecule has 2 unspecified atom stereocenters. The summed E-state index contributed by atoms with van der Waals surface area (Å²) >= 11 is 0. The van der Waals surface area contributed by atoms with E-state index in [0.717, 1.165) is 19.5 Å². The van der Waals surface area contributed by atoms with Crippen molar-refractivity contribution in [2.24, 2.45) is 5.92 Å². The van der Waals surface area contributed by atoms with Gasteiger partial charge >= 0.3 is 0 Å². The van der Waals surface area contributed by atoms with Crippen LogP contribution in [0.2, 0.25) is 0 Å². The predicted octanol–water partition coefficient (Wildman–Crippen LogP) is 1.52. The Kier molecular flexibility index (Phi) is 6.27. The lowest BCUT2D eigenvalue weighted by Crippen LogP contribution is -2.58. The van der Waals surface area contributed by atoms with Crippen molar-refractivity contribution in [3.8, 4) is 0 Å². The first-order valence-corrected chi connectivity index (χ1v) is 9.18. The molecule has 19 heavy (non-hydrogen) atoms. The average molecular weight is 290 g/mol. The second-order valence-corrected chi connectivity index (χ2v) is 8.91. The van der Waals surface area contributed by atoms with Crippen LogP contribution in [0, 0.1) is 5.92 Å². The van der Waals surface area contributed by atoms with Gasteiger partial charge in [0.25, 0.3) is 0 Å². The molecule has 1 heterocycles. The van der Waals surface area contributed by atoms with E-state index in [0.29, 0.717) is 24.5 Å². The molecule has 0 aromatic heterocycles. The number of nitrogens with zero attached hydrogens (tertiary/aromatic N) is 1. The maximum absolute atomic E-state index is 12.0. The molecule has 114 valence electrons. The van der Waals surface area contributed by atoms with Gasteiger partial charge in [-0.25, -0.2) is 8.42 Å². The highest BCUT2D eigenvalue weighted by atomic mass is 32.2. The minimum absolute atomic E-state index is 0.269. The van der Waals surface area contributed by atoms with Gasteiger partial charge in [-0.1, -0.05) is 20.8 Å². The number of piperazine rings is 1. The Morgan fingerprint density at radius 2 is 1.89 bits per heavy atom. The van der Waals surface area contributed by atoms with Gasteiger partial charge in [-0.15, -0.1) is 0 Å². The van der Waals surface area contributed by atoms with Crippen LogP contribution >= 0.6 is 0 Å². The molecule has 1 rings (SSSR count). The van der Waals surface area contributed by atoms with E-state index in [2.05, 4.69) is 31.0 Å². The van der Waals surface area contributed by atoms with Crippen molar-refractivity contribution < 1.29 is 8.42 Å². The first-order chi connectivity index (χ1) is 8.77. The number of sulfone groups is 1. The highest BCUT2D eigenvalue weighted by molar-refractivity contribution is 7.92. The monoisotopic (exact) mass is 290 g/mol. The fraction of sp³-hybridized carbons (Fsp3) is 1.00. The lowest BCUT2D eigenvalue weighted by atomic mass is 9.98. The van der Waals surface area contributed by atoms with Gasteiger partial charge in [0.05, 0.1) is 11.0 Å². The Balaban J connectivity index is 2.65. The molecule has 1 fully saturated rings. The molecular weight excluding hydrogens is 260 g/mol. The Hall–Kier alpha value is -0.130. The van der Waals surface area contributed by atoms with E-state index >= 15 is 0 Å². The fourth-order valence-corrected chi connectivity index (χ4v) is 3.53. The van der Waals surface area contributed by atoms with Gasteiger partial charge in [0.2, 0.25) is 0 Å². The molecule has 2 atom stereocenters. The third-order valence-corrected chi connectivity index (χ3v) is 6.37. The summed E-state index contributed by atoms with van der Waals surface area (Å²) < 4.78 is 23.9. The summed E-state index contributed by atoms with van der Waals surface area (Å²) in [6.45, 7) is 12.7. The maximum atomic E-state index is 12.0. The number of rotatable bonds is 6. The highest BCUT2D eigenvalue weighted by Gasteiger charge is 2.30. The Morgan fingerprint density at radius 3 is 2.37 bits per heavy atom. The second kappa shape index (κ2) is 7.04. The molecule has 1 N–H and O–H groups in total. The summed E-state index contributed by atoms with van der Waals surface area (Å²) in [5.74, 6) is 0.830. The van der Waals surface area contributed by atoms with E-state index in [1.165, 1.54) is 0 Å². The molecule has 0 bridgehead atoms. The van der Waals surface area contributed by atoms with Crippen LogP contribution in [0.15, 0.2) is 0 Å². The van der Waals surface area contributed by atoms with Gasteiger partial charge in [0.15, 0.2) is 9.84 Å². The molecule has 0 aromatic carbocycles. The SMILES string of the molecule is CCC1CN(CCS(=O)(=O)C(C)C)C(C(C)C)CN1. The van der Waals surface area contributed by atoms with Crippen molar-refractivity contribution in [3.63, 3.8) is 0 Å². The zero-order valence-corrected chi connectivity index (χ0v) is 13.8. The molecule has 1 saturated heterocycles. The molecule has 0 aromatic rings. The van der Waals surface area contributed by atoms with Crippen molar-refractivity contribution in [2.75, 3.05) is 25.4 Å². The topological polar surface area (TPSA) is 49.4 Å². The normalized spacial score (nSPS) is 26.3. The van der Waals surface area contributed by atoms with E-state index in [-0.39, 0.29) is 11.0 Å². The standard InChI is InChI=1S/C14H30N2O2S/c1-6-13-10-16(14(9-15-13)11(2)3)7-8-19(17,18)12(4)5/h11-15H,6-10H2,1-5H3. The van der Waals surface area contributed by atoms with E-state index in [1.807, 2.05) is 0 Å². The lowest BCUT2D eigenvalue weighted by molar-refractivity contribution is 0.104. The van der Waals surface area contributed by atoms with Crippen LogP contribution in [0.5, 0.6) is 0 Å². The largest absolute Gasteiger partial charge is 0.311 e. The first kappa shape index (κ1) is 16.9. The quantitative estimate of drug-likeness (QED) is 0.806. The van der Waals surface area contributed by atoms with Gasteiger partial charge in [-0.3, -0.25) is 4.90 Å². The second-order valence-electron chi connectivity index (χ2n) is 6.24. The lowest BCUT2D eigenvalue weighted by Gasteiger charge is -2.42. The van der Waals surface area contributed by atoms with Crippen LogP contribution in [-0.2, 0) is 9.84 Å². The summed E-state index contributed by atoms with van der Waals surface area (Å²) in [5, 5.41) is 3.29. The Labute approximate surface area is 118 Å². The van der Waals surface area contributed by atoms with E-state index in [1.54, 1.807) is 13.8 Å². The van der Waals surface area contributed by atoms with Crippen LogP contribution in [0.25, 0.3) is 0 Å². The molecular formula is C14H30N2O2S. The van der Waals surface area contributed by atoms with Gasteiger partial charge in [-0.05, 0) is 26.2 Å². The van der Waals surface area contributed by atoms with Gasteiger partial charge < -0.3 is 5.32 Å². The molecule has 0 amide bonds. The minimum Gasteiger partial charge on any atom is -0.311 e. The molecule has 0 saturated carbocycles. The smallest absolute Gasteiger partial charge is 0.153 e. The van der Waals surface area contributed by atoms with Crippen molar-refractivity contribution in [2.45, 2.75) is 58.4 Å². The Morgan fingerprint density at radius 1 is 1.26 bits per heavy atom.